The molecule has 0 aromatic heterocycles. The van der Waals surface area contributed by atoms with Crippen LogP contribution < -0.4 is 24.2 Å². The van der Waals surface area contributed by atoms with Crippen molar-refractivity contribution in [1.29, 1.82) is 0 Å². The number of sulfonamides is 1. The number of carbonyl (C=O) groups is 1. The quantitative estimate of drug-likeness (QED) is 0.390. The molecule has 0 saturated carbocycles. The Kier molecular flexibility index (Phi) is 10.6. The van der Waals surface area contributed by atoms with Gasteiger partial charge >= 0.3 is 0 Å². The highest BCUT2D eigenvalue weighted by Crippen LogP contribution is 2.31. The second-order valence-corrected chi connectivity index (χ2v) is 9.93. The van der Waals surface area contributed by atoms with E-state index in [9.17, 15) is 17.6 Å². The van der Waals surface area contributed by atoms with E-state index in [1.165, 1.54) is 26.2 Å². The molecule has 8 nitrogen and oxygen atoms in total. The molecule has 0 spiro atoms. The number of halogens is 1. The van der Waals surface area contributed by atoms with Crippen LogP contribution in [0.5, 0.6) is 17.2 Å². The van der Waals surface area contributed by atoms with Gasteiger partial charge in [-0.2, -0.15) is 0 Å². The molecule has 2 N–H and O–H groups in total. The zero-order chi connectivity index (χ0) is 25.1. The predicted octanol–water partition coefficient (Wildman–Crippen LogP) is 2.91. The minimum atomic E-state index is -3.51. The van der Waals surface area contributed by atoms with Gasteiger partial charge in [0, 0.05) is 6.54 Å². The van der Waals surface area contributed by atoms with E-state index < -0.39 is 16.1 Å². The number of rotatable bonds is 14. The number of nitrogens with one attached hydrogen (secondary N) is 2. The molecule has 1 amide bonds. The van der Waals surface area contributed by atoms with E-state index in [0.717, 1.165) is 5.56 Å². The number of ether oxygens (including phenoxy) is 3. The third kappa shape index (κ3) is 8.49. The van der Waals surface area contributed by atoms with Gasteiger partial charge in [-0.3, -0.25) is 4.79 Å². The van der Waals surface area contributed by atoms with Gasteiger partial charge in [0.2, 0.25) is 15.9 Å². The third-order valence-electron chi connectivity index (χ3n) is 5.02. The first-order valence-electron chi connectivity index (χ1n) is 11.1. The molecule has 34 heavy (non-hydrogen) atoms. The van der Waals surface area contributed by atoms with Gasteiger partial charge in [0.05, 0.1) is 12.9 Å². The zero-order valence-electron chi connectivity index (χ0n) is 20.0. The molecule has 0 aliphatic rings. The van der Waals surface area contributed by atoms with Crippen LogP contribution in [0.1, 0.15) is 26.3 Å². The van der Waals surface area contributed by atoms with E-state index in [4.69, 9.17) is 14.2 Å². The number of hydrogen-bond donors (Lipinski definition) is 2. The SMILES string of the molecule is CCS(=O)(=O)NC(C(=O)NCCc1cccc(OCCOc2ccc(F)cc2)c1OC)C(C)C. The Balaban J connectivity index is 1.91. The Labute approximate surface area is 200 Å². The molecule has 0 aliphatic heterocycles. The fraction of sp³-hybridized carbons (Fsp3) is 0.458. The lowest BCUT2D eigenvalue weighted by atomic mass is 10.0. The molecule has 0 heterocycles. The van der Waals surface area contributed by atoms with Crippen LogP contribution in [0.3, 0.4) is 0 Å². The van der Waals surface area contributed by atoms with Crippen molar-refractivity contribution >= 4 is 15.9 Å². The van der Waals surface area contributed by atoms with Crippen LogP contribution in [0.2, 0.25) is 0 Å². The van der Waals surface area contributed by atoms with Gasteiger partial charge in [0.25, 0.3) is 0 Å². The summed E-state index contributed by atoms with van der Waals surface area (Å²) in [5, 5.41) is 2.80. The van der Waals surface area contributed by atoms with Gasteiger partial charge in [-0.15, -0.1) is 0 Å². The highest BCUT2D eigenvalue weighted by Gasteiger charge is 2.26. The molecule has 0 aliphatic carbocycles. The summed E-state index contributed by atoms with van der Waals surface area (Å²) in [6.07, 6.45) is 0.462. The summed E-state index contributed by atoms with van der Waals surface area (Å²) in [5.41, 5.74) is 0.829. The van der Waals surface area contributed by atoms with Crippen molar-refractivity contribution in [3.05, 3.63) is 53.8 Å². The molecule has 0 radical (unpaired) electrons. The molecule has 0 fully saturated rings. The summed E-state index contributed by atoms with van der Waals surface area (Å²) >= 11 is 0. The molecule has 2 rings (SSSR count). The second-order valence-electron chi connectivity index (χ2n) is 7.88. The number of methoxy groups -OCH3 is 1. The lowest BCUT2D eigenvalue weighted by molar-refractivity contribution is -0.123. The third-order valence-corrected chi connectivity index (χ3v) is 6.39. The number of para-hydroxylation sites is 1. The second kappa shape index (κ2) is 13.1. The number of carbonyl (C=O) groups excluding carboxylic acids is 1. The van der Waals surface area contributed by atoms with Crippen molar-refractivity contribution in [1.82, 2.24) is 10.0 Å². The van der Waals surface area contributed by atoms with Gasteiger partial charge in [-0.1, -0.05) is 26.0 Å². The fourth-order valence-electron chi connectivity index (χ4n) is 3.14. The van der Waals surface area contributed by atoms with E-state index in [1.807, 2.05) is 12.1 Å². The zero-order valence-corrected chi connectivity index (χ0v) is 20.8. The summed E-state index contributed by atoms with van der Waals surface area (Å²) < 4.78 is 56.0. The average Bonchev–Trinajstić information content (AvgIpc) is 2.81. The summed E-state index contributed by atoms with van der Waals surface area (Å²) in [6, 6.07) is 10.3. The normalized spacial score (nSPS) is 12.3. The van der Waals surface area contributed by atoms with Crippen molar-refractivity contribution in [2.24, 2.45) is 5.92 Å². The topological polar surface area (TPSA) is 103 Å². The first-order valence-corrected chi connectivity index (χ1v) is 12.8. The number of hydrogen-bond acceptors (Lipinski definition) is 6. The molecule has 0 bridgehead atoms. The van der Waals surface area contributed by atoms with Gasteiger partial charge in [-0.25, -0.2) is 17.5 Å². The highest BCUT2D eigenvalue weighted by atomic mass is 32.2. The molecular weight excluding hydrogens is 463 g/mol. The maximum absolute atomic E-state index is 13.0. The standard InChI is InChI=1S/C24H33FN2O6S/c1-5-34(29,30)27-22(17(2)3)24(28)26-14-13-18-7-6-8-21(23(18)31-4)33-16-15-32-20-11-9-19(25)10-12-20/h6-12,17,22,27H,5,13-16H2,1-4H3,(H,26,28). The van der Waals surface area contributed by atoms with E-state index in [1.54, 1.807) is 32.0 Å². The van der Waals surface area contributed by atoms with E-state index in [-0.39, 0.29) is 36.6 Å². The summed E-state index contributed by atoms with van der Waals surface area (Å²) in [4.78, 5) is 12.6. The van der Waals surface area contributed by atoms with Crippen LogP contribution in [0.4, 0.5) is 4.39 Å². The Morgan fingerprint density at radius 1 is 1.06 bits per heavy atom. The van der Waals surface area contributed by atoms with Crippen molar-refractivity contribution in [2.45, 2.75) is 33.2 Å². The summed E-state index contributed by atoms with van der Waals surface area (Å²) in [7, 11) is -1.97. The first kappa shape index (κ1) is 27.4. The van der Waals surface area contributed by atoms with Gasteiger partial charge in [-0.05, 0) is 55.2 Å². The molecule has 0 saturated heterocycles. The predicted molar refractivity (Wildman–Crippen MR) is 128 cm³/mol. The molecule has 188 valence electrons. The smallest absolute Gasteiger partial charge is 0.238 e. The summed E-state index contributed by atoms with van der Waals surface area (Å²) in [6.45, 7) is 5.90. The molecule has 2 aromatic carbocycles. The maximum Gasteiger partial charge on any atom is 0.238 e. The number of amides is 1. The van der Waals surface area contributed by atoms with Crippen molar-refractivity contribution in [2.75, 3.05) is 32.6 Å². The Bertz CT molecular complexity index is 1030. The van der Waals surface area contributed by atoms with Gasteiger partial charge in [0.15, 0.2) is 11.5 Å². The summed E-state index contributed by atoms with van der Waals surface area (Å²) in [5.74, 6) is 0.616. The van der Waals surface area contributed by atoms with Crippen molar-refractivity contribution in [3.63, 3.8) is 0 Å². The monoisotopic (exact) mass is 496 g/mol. The molecule has 1 atom stereocenters. The first-order chi connectivity index (χ1) is 16.2. The minimum absolute atomic E-state index is 0.0948. The Morgan fingerprint density at radius 2 is 1.74 bits per heavy atom. The Morgan fingerprint density at radius 3 is 2.35 bits per heavy atom. The van der Waals surface area contributed by atoms with Crippen LogP contribution >= 0.6 is 0 Å². The van der Waals surface area contributed by atoms with Crippen LogP contribution in [0, 0.1) is 11.7 Å². The largest absolute Gasteiger partial charge is 0.493 e. The van der Waals surface area contributed by atoms with Gasteiger partial charge < -0.3 is 19.5 Å². The van der Waals surface area contributed by atoms with E-state index >= 15 is 0 Å². The van der Waals surface area contributed by atoms with Crippen molar-refractivity contribution < 1.29 is 31.8 Å². The molecule has 2 aromatic rings. The number of benzene rings is 2. The van der Waals surface area contributed by atoms with Crippen LogP contribution in [-0.4, -0.2) is 53.0 Å². The van der Waals surface area contributed by atoms with E-state index in [2.05, 4.69) is 10.0 Å². The van der Waals surface area contributed by atoms with E-state index in [0.29, 0.717) is 30.2 Å². The minimum Gasteiger partial charge on any atom is -0.493 e. The van der Waals surface area contributed by atoms with Crippen LogP contribution in [-0.2, 0) is 21.2 Å². The molecule has 10 heteroatoms. The molecular formula is C24H33FN2O6S. The van der Waals surface area contributed by atoms with Gasteiger partial charge in [0.1, 0.15) is 30.8 Å². The molecule has 1 unspecified atom stereocenters. The highest BCUT2D eigenvalue weighted by molar-refractivity contribution is 7.89. The lowest BCUT2D eigenvalue weighted by Gasteiger charge is -2.21. The Hall–Kier alpha value is -2.85. The maximum atomic E-state index is 13.0. The average molecular weight is 497 g/mol. The van der Waals surface area contributed by atoms with Crippen LogP contribution in [0.25, 0.3) is 0 Å². The lowest BCUT2D eigenvalue weighted by Crippen LogP contribution is -2.50. The van der Waals surface area contributed by atoms with Crippen molar-refractivity contribution in [3.8, 4) is 17.2 Å². The fourth-order valence-corrected chi connectivity index (χ4v) is 4.08. The van der Waals surface area contributed by atoms with Crippen LogP contribution in [0.15, 0.2) is 42.5 Å².